The topological polar surface area (TPSA) is 80.3 Å². The molecule has 0 radical (unpaired) electrons. The maximum absolute atomic E-state index is 12.9. The van der Waals surface area contributed by atoms with Gasteiger partial charge in [-0.05, 0) is 56.2 Å². The predicted molar refractivity (Wildman–Crippen MR) is 104 cm³/mol. The van der Waals surface area contributed by atoms with Gasteiger partial charge in [-0.1, -0.05) is 0 Å². The van der Waals surface area contributed by atoms with Gasteiger partial charge in [0.1, 0.15) is 5.00 Å². The standard InChI is InChI=1S/C20H23N3O3S/c24-18(13-5-3-9-21-11-13)23-20-17(15-7-1-2-8-16(15)27-20)19(25)22-12-14-6-4-10-26-14/h3,5,9,11,14H,1-2,4,6-8,10,12H2,(H,22,25)(H,23,24). The first-order chi connectivity index (χ1) is 13.2. The number of anilines is 1. The highest BCUT2D eigenvalue weighted by Gasteiger charge is 2.27. The Labute approximate surface area is 162 Å². The number of hydrogen-bond donors (Lipinski definition) is 2. The summed E-state index contributed by atoms with van der Waals surface area (Å²) in [5.74, 6) is -0.360. The Hall–Kier alpha value is -2.25. The first-order valence-electron chi connectivity index (χ1n) is 9.48. The Balaban J connectivity index is 1.56. The van der Waals surface area contributed by atoms with Crippen molar-refractivity contribution < 1.29 is 14.3 Å². The summed E-state index contributed by atoms with van der Waals surface area (Å²) < 4.78 is 5.60. The lowest BCUT2D eigenvalue weighted by atomic mass is 9.95. The lowest BCUT2D eigenvalue weighted by Crippen LogP contribution is -2.32. The Morgan fingerprint density at radius 1 is 1.22 bits per heavy atom. The van der Waals surface area contributed by atoms with Crippen LogP contribution in [0, 0.1) is 0 Å². The first kappa shape index (κ1) is 18.1. The summed E-state index contributed by atoms with van der Waals surface area (Å²) in [5, 5.41) is 6.59. The second-order valence-electron chi connectivity index (χ2n) is 6.96. The summed E-state index contributed by atoms with van der Waals surface area (Å²) in [4.78, 5) is 30.7. The highest BCUT2D eigenvalue weighted by Crippen LogP contribution is 2.38. The van der Waals surface area contributed by atoms with E-state index in [4.69, 9.17) is 4.74 Å². The van der Waals surface area contributed by atoms with Crippen LogP contribution in [0.25, 0.3) is 0 Å². The van der Waals surface area contributed by atoms with E-state index in [0.717, 1.165) is 50.7 Å². The van der Waals surface area contributed by atoms with Crippen molar-refractivity contribution in [2.45, 2.75) is 44.6 Å². The van der Waals surface area contributed by atoms with E-state index in [0.29, 0.717) is 22.7 Å². The fourth-order valence-electron chi connectivity index (χ4n) is 3.67. The smallest absolute Gasteiger partial charge is 0.257 e. The summed E-state index contributed by atoms with van der Waals surface area (Å²) in [6.45, 7) is 1.28. The van der Waals surface area contributed by atoms with Crippen molar-refractivity contribution in [2.75, 3.05) is 18.5 Å². The Morgan fingerprint density at radius 3 is 2.89 bits per heavy atom. The van der Waals surface area contributed by atoms with Crippen LogP contribution >= 0.6 is 11.3 Å². The van der Waals surface area contributed by atoms with Crippen LogP contribution in [0.15, 0.2) is 24.5 Å². The third-order valence-corrected chi connectivity index (χ3v) is 6.27. The minimum Gasteiger partial charge on any atom is -0.376 e. The molecule has 0 bridgehead atoms. The van der Waals surface area contributed by atoms with Crippen molar-refractivity contribution in [1.29, 1.82) is 0 Å². The molecule has 27 heavy (non-hydrogen) atoms. The number of fused-ring (bicyclic) bond motifs is 1. The number of nitrogens with one attached hydrogen (secondary N) is 2. The lowest BCUT2D eigenvalue weighted by molar-refractivity contribution is 0.0858. The van der Waals surface area contributed by atoms with Crippen LogP contribution in [-0.4, -0.2) is 36.1 Å². The molecule has 1 aliphatic heterocycles. The van der Waals surface area contributed by atoms with Gasteiger partial charge in [-0.2, -0.15) is 0 Å². The summed E-state index contributed by atoms with van der Waals surface area (Å²) in [6.07, 6.45) is 9.33. The molecule has 7 heteroatoms. The van der Waals surface area contributed by atoms with Gasteiger partial charge in [0, 0.05) is 30.4 Å². The van der Waals surface area contributed by atoms with Crippen molar-refractivity contribution >= 4 is 28.2 Å². The number of amides is 2. The zero-order valence-electron chi connectivity index (χ0n) is 15.1. The monoisotopic (exact) mass is 385 g/mol. The van der Waals surface area contributed by atoms with Crippen LogP contribution in [-0.2, 0) is 17.6 Å². The second-order valence-corrected chi connectivity index (χ2v) is 8.06. The molecule has 3 heterocycles. The second kappa shape index (κ2) is 8.19. The summed E-state index contributed by atoms with van der Waals surface area (Å²) in [5.41, 5.74) is 2.21. The van der Waals surface area contributed by atoms with E-state index in [1.807, 2.05) is 0 Å². The largest absolute Gasteiger partial charge is 0.376 e. The van der Waals surface area contributed by atoms with Crippen molar-refractivity contribution in [3.05, 3.63) is 46.1 Å². The Kier molecular flexibility index (Phi) is 5.50. The van der Waals surface area contributed by atoms with E-state index in [2.05, 4.69) is 15.6 Å². The van der Waals surface area contributed by atoms with Crippen molar-refractivity contribution in [3.63, 3.8) is 0 Å². The quantitative estimate of drug-likeness (QED) is 0.828. The maximum Gasteiger partial charge on any atom is 0.257 e. The number of hydrogen-bond acceptors (Lipinski definition) is 5. The van der Waals surface area contributed by atoms with E-state index < -0.39 is 0 Å². The molecule has 2 aliphatic rings. The van der Waals surface area contributed by atoms with Crippen molar-refractivity contribution in [3.8, 4) is 0 Å². The normalized spacial score (nSPS) is 18.7. The Bertz CT molecular complexity index is 828. The molecule has 2 aromatic rings. The van der Waals surface area contributed by atoms with E-state index >= 15 is 0 Å². The average Bonchev–Trinajstić information content (AvgIpc) is 3.34. The Morgan fingerprint density at radius 2 is 2.11 bits per heavy atom. The van der Waals surface area contributed by atoms with E-state index in [1.54, 1.807) is 18.3 Å². The van der Waals surface area contributed by atoms with Gasteiger partial charge in [-0.3, -0.25) is 14.6 Å². The van der Waals surface area contributed by atoms with E-state index in [1.165, 1.54) is 22.4 Å². The molecule has 2 aromatic heterocycles. The van der Waals surface area contributed by atoms with Crippen molar-refractivity contribution in [2.24, 2.45) is 0 Å². The number of ether oxygens (including phenoxy) is 1. The number of aryl methyl sites for hydroxylation is 1. The molecular formula is C20H23N3O3S. The van der Waals surface area contributed by atoms with Gasteiger partial charge in [-0.15, -0.1) is 11.3 Å². The average molecular weight is 385 g/mol. The van der Waals surface area contributed by atoms with Gasteiger partial charge in [0.25, 0.3) is 11.8 Å². The highest BCUT2D eigenvalue weighted by atomic mass is 32.1. The maximum atomic E-state index is 12.9. The third-order valence-electron chi connectivity index (χ3n) is 5.06. The first-order valence-corrected chi connectivity index (χ1v) is 10.3. The van der Waals surface area contributed by atoms with Crippen LogP contribution in [0.3, 0.4) is 0 Å². The molecular weight excluding hydrogens is 362 g/mol. The van der Waals surface area contributed by atoms with Crippen LogP contribution in [0.1, 0.15) is 56.8 Å². The van der Waals surface area contributed by atoms with Crippen LogP contribution < -0.4 is 10.6 Å². The van der Waals surface area contributed by atoms with Crippen LogP contribution in [0.4, 0.5) is 5.00 Å². The van der Waals surface area contributed by atoms with Crippen LogP contribution in [0.2, 0.25) is 0 Å². The number of carbonyl (C=O) groups excluding carboxylic acids is 2. The molecule has 1 unspecified atom stereocenters. The van der Waals surface area contributed by atoms with Gasteiger partial charge in [0.2, 0.25) is 0 Å². The zero-order valence-corrected chi connectivity index (χ0v) is 15.9. The molecule has 142 valence electrons. The van der Waals surface area contributed by atoms with Gasteiger partial charge in [-0.25, -0.2) is 0 Å². The highest BCUT2D eigenvalue weighted by molar-refractivity contribution is 7.17. The summed E-state index contributed by atoms with van der Waals surface area (Å²) >= 11 is 1.53. The lowest BCUT2D eigenvalue weighted by Gasteiger charge is -2.15. The molecule has 1 aliphatic carbocycles. The zero-order chi connectivity index (χ0) is 18.6. The fourth-order valence-corrected chi connectivity index (χ4v) is 4.95. The summed E-state index contributed by atoms with van der Waals surface area (Å²) in [6, 6.07) is 3.44. The minimum absolute atomic E-state index is 0.0943. The SMILES string of the molecule is O=C(Nc1sc2c(c1C(=O)NCC1CCCO1)CCCC2)c1cccnc1. The van der Waals surface area contributed by atoms with Gasteiger partial charge >= 0.3 is 0 Å². The molecule has 4 rings (SSSR count). The molecule has 0 spiro atoms. The predicted octanol–water partition coefficient (Wildman–Crippen LogP) is 3.18. The number of aromatic nitrogens is 1. The molecule has 1 fully saturated rings. The molecule has 6 nitrogen and oxygen atoms in total. The number of carbonyl (C=O) groups is 2. The van der Waals surface area contributed by atoms with Crippen LogP contribution in [0.5, 0.6) is 0 Å². The number of rotatable bonds is 5. The summed E-state index contributed by atoms with van der Waals surface area (Å²) in [7, 11) is 0. The van der Waals surface area contributed by atoms with Gasteiger partial charge < -0.3 is 15.4 Å². The van der Waals surface area contributed by atoms with Crippen molar-refractivity contribution in [1.82, 2.24) is 10.3 Å². The molecule has 1 saturated heterocycles. The van der Waals surface area contributed by atoms with E-state index in [9.17, 15) is 9.59 Å². The molecule has 0 saturated carbocycles. The van der Waals surface area contributed by atoms with Gasteiger partial charge in [0.05, 0.1) is 17.2 Å². The molecule has 2 amide bonds. The number of nitrogens with zero attached hydrogens (tertiary/aromatic N) is 1. The van der Waals surface area contributed by atoms with E-state index in [-0.39, 0.29) is 17.9 Å². The number of thiophene rings is 1. The minimum atomic E-state index is -0.241. The molecule has 0 aromatic carbocycles. The third kappa shape index (κ3) is 4.04. The molecule has 1 atom stereocenters. The number of pyridine rings is 1. The molecule has 2 N–H and O–H groups in total. The fraction of sp³-hybridized carbons (Fsp3) is 0.450. The van der Waals surface area contributed by atoms with Gasteiger partial charge in [0.15, 0.2) is 0 Å².